The molecule has 1 aliphatic rings. The molecule has 1 aromatic rings. The second kappa shape index (κ2) is 5.40. The minimum atomic E-state index is -0.252. The molecule has 0 atom stereocenters. The summed E-state index contributed by atoms with van der Waals surface area (Å²) in [4.78, 5) is 13.7. The Morgan fingerprint density at radius 2 is 2.12 bits per heavy atom. The summed E-state index contributed by atoms with van der Waals surface area (Å²) in [6.07, 6.45) is 0. The van der Waals surface area contributed by atoms with E-state index in [0.717, 1.165) is 24.6 Å². The normalized spacial score (nSPS) is 15.8. The Bertz CT molecular complexity index is 419. The van der Waals surface area contributed by atoms with E-state index in [0.29, 0.717) is 11.3 Å². The van der Waals surface area contributed by atoms with Crippen molar-refractivity contribution in [2.45, 2.75) is 6.92 Å². The van der Waals surface area contributed by atoms with Crippen LogP contribution in [-0.2, 0) is 0 Å². The molecule has 0 unspecified atom stereocenters. The largest absolute Gasteiger partial charge is 0.323 e. The third-order valence-corrected chi connectivity index (χ3v) is 3.65. The van der Waals surface area contributed by atoms with E-state index in [2.05, 4.69) is 5.32 Å². The third-order valence-electron chi connectivity index (χ3n) is 2.71. The highest BCUT2D eigenvalue weighted by atomic mass is 32.2. The van der Waals surface area contributed by atoms with Gasteiger partial charge in [-0.1, -0.05) is 0 Å². The van der Waals surface area contributed by atoms with Gasteiger partial charge in [-0.05, 0) is 30.7 Å². The molecule has 1 saturated heterocycles. The van der Waals surface area contributed by atoms with Gasteiger partial charge in [0.25, 0.3) is 0 Å². The number of halogens is 1. The van der Waals surface area contributed by atoms with Crippen LogP contribution in [-0.4, -0.2) is 35.5 Å². The molecular weight excluding hydrogens is 239 g/mol. The van der Waals surface area contributed by atoms with Crippen molar-refractivity contribution in [1.82, 2.24) is 4.90 Å². The van der Waals surface area contributed by atoms with Crippen molar-refractivity contribution in [3.05, 3.63) is 29.6 Å². The SMILES string of the molecule is Cc1cc(NC(=O)N2CCSCC2)ccc1F. The van der Waals surface area contributed by atoms with Crippen molar-refractivity contribution >= 4 is 23.5 Å². The molecule has 1 aromatic carbocycles. The maximum Gasteiger partial charge on any atom is 0.321 e. The van der Waals surface area contributed by atoms with Gasteiger partial charge in [0.1, 0.15) is 5.82 Å². The number of carbonyl (C=O) groups is 1. The van der Waals surface area contributed by atoms with Crippen molar-refractivity contribution < 1.29 is 9.18 Å². The van der Waals surface area contributed by atoms with E-state index in [4.69, 9.17) is 0 Å². The second-order valence-corrected chi connectivity index (χ2v) is 5.22. The first-order valence-electron chi connectivity index (χ1n) is 5.56. The summed E-state index contributed by atoms with van der Waals surface area (Å²) in [5.41, 5.74) is 1.18. The fraction of sp³-hybridized carbons (Fsp3) is 0.417. The lowest BCUT2D eigenvalue weighted by molar-refractivity contribution is 0.217. The molecule has 92 valence electrons. The third kappa shape index (κ3) is 3.12. The standard InChI is InChI=1S/C12H15FN2OS/c1-9-8-10(2-3-11(9)13)14-12(16)15-4-6-17-7-5-15/h2-3,8H,4-7H2,1H3,(H,14,16). The van der Waals surface area contributed by atoms with Crippen LogP contribution in [0.15, 0.2) is 18.2 Å². The summed E-state index contributed by atoms with van der Waals surface area (Å²) >= 11 is 1.86. The Kier molecular flexibility index (Phi) is 3.89. The summed E-state index contributed by atoms with van der Waals surface area (Å²) < 4.78 is 13.1. The van der Waals surface area contributed by atoms with Crippen LogP contribution < -0.4 is 5.32 Å². The van der Waals surface area contributed by atoms with E-state index in [1.807, 2.05) is 11.8 Å². The number of carbonyl (C=O) groups excluding carboxylic acids is 1. The second-order valence-electron chi connectivity index (χ2n) is 3.99. The molecule has 0 bridgehead atoms. The Morgan fingerprint density at radius 3 is 2.76 bits per heavy atom. The van der Waals surface area contributed by atoms with Gasteiger partial charge in [0.15, 0.2) is 0 Å². The lowest BCUT2D eigenvalue weighted by Crippen LogP contribution is -2.40. The summed E-state index contributed by atoms with van der Waals surface area (Å²) in [5, 5.41) is 2.79. The first-order chi connectivity index (χ1) is 8.16. The van der Waals surface area contributed by atoms with E-state index in [-0.39, 0.29) is 11.8 Å². The molecule has 1 heterocycles. The Labute approximate surface area is 104 Å². The van der Waals surface area contributed by atoms with Crippen LogP contribution in [0.2, 0.25) is 0 Å². The van der Waals surface area contributed by atoms with Crippen LogP contribution >= 0.6 is 11.8 Å². The maximum atomic E-state index is 13.1. The van der Waals surface area contributed by atoms with Gasteiger partial charge in [0.05, 0.1) is 0 Å². The number of rotatable bonds is 1. The summed E-state index contributed by atoms with van der Waals surface area (Å²) in [7, 11) is 0. The number of anilines is 1. The van der Waals surface area contributed by atoms with E-state index < -0.39 is 0 Å². The lowest BCUT2D eigenvalue weighted by atomic mass is 10.2. The van der Waals surface area contributed by atoms with Crippen LogP contribution in [0.5, 0.6) is 0 Å². The lowest BCUT2D eigenvalue weighted by Gasteiger charge is -2.26. The fourth-order valence-corrected chi connectivity index (χ4v) is 2.59. The fourth-order valence-electron chi connectivity index (χ4n) is 1.69. The van der Waals surface area contributed by atoms with Crippen molar-refractivity contribution in [2.24, 2.45) is 0 Å². The van der Waals surface area contributed by atoms with Crippen LogP contribution in [0.3, 0.4) is 0 Å². The summed E-state index contributed by atoms with van der Waals surface area (Å²) in [6, 6.07) is 4.50. The van der Waals surface area contributed by atoms with Crippen LogP contribution in [0.4, 0.5) is 14.9 Å². The van der Waals surface area contributed by atoms with Crippen molar-refractivity contribution in [1.29, 1.82) is 0 Å². The van der Waals surface area contributed by atoms with Gasteiger partial charge in [-0.25, -0.2) is 9.18 Å². The highest BCUT2D eigenvalue weighted by Gasteiger charge is 2.16. The first-order valence-corrected chi connectivity index (χ1v) is 6.72. The van der Waals surface area contributed by atoms with Crippen LogP contribution in [0, 0.1) is 12.7 Å². The predicted octanol–water partition coefficient (Wildman–Crippen LogP) is 2.71. The zero-order valence-corrected chi connectivity index (χ0v) is 10.5. The van der Waals surface area contributed by atoms with Gasteiger partial charge in [-0.3, -0.25) is 0 Å². The molecule has 0 radical (unpaired) electrons. The molecule has 2 rings (SSSR count). The number of benzene rings is 1. The van der Waals surface area contributed by atoms with E-state index in [9.17, 15) is 9.18 Å². The van der Waals surface area contributed by atoms with Gasteiger partial charge in [0, 0.05) is 30.3 Å². The topological polar surface area (TPSA) is 32.3 Å². The predicted molar refractivity (Wildman–Crippen MR) is 69.1 cm³/mol. The number of urea groups is 1. The molecule has 0 aromatic heterocycles. The van der Waals surface area contributed by atoms with Crippen molar-refractivity contribution in [2.75, 3.05) is 29.9 Å². The smallest absolute Gasteiger partial charge is 0.321 e. The average molecular weight is 254 g/mol. The molecule has 0 spiro atoms. The molecular formula is C12H15FN2OS. The highest BCUT2D eigenvalue weighted by molar-refractivity contribution is 7.99. The zero-order chi connectivity index (χ0) is 12.3. The molecule has 5 heteroatoms. The number of aryl methyl sites for hydroxylation is 1. The zero-order valence-electron chi connectivity index (χ0n) is 9.70. The average Bonchev–Trinajstić information content (AvgIpc) is 2.35. The minimum Gasteiger partial charge on any atom is -0.323 e. The Hall–Kier alpha value is -1.23. The van der Waals surface area contributed by atoms with Gasteiger partial charge < -0.3 is 10.2 Å². The number of nitrogens with one attached hydrogen (secondary N) is 1. The molecule has 3 nitrogen and oxygen atoms in total. The molecule has 1 aliphatic heterocycles. The molecule has 1 N–H and O–H groups in total. The number of nitrogens with zero attached hydrogens (tertiary/aromatic N) is 1. The summed E-state index contributed by atoms with van der Waals surface area (Å²) in [6.45, 7) is 3.23. The number of hydrogen-bond acceptors (Lipinski definition) is 2. The first kappa shape index (κ1) is 12.2. The van der Waals surface area contributed by atoms with E-state index in [1.165, 1.54) is 6.07 Å². The van der Waals surface area contributed by atoms with Gasteiger partial charge >= 0.3 is 6.03 Å². The Morgan fingerprint density at radius 1 is 1.41 bits per heavy atom. The number of hydrogen-bond donors (Lipinski definition) is 1. The molecule has 17 heavy (non-hydrogen) atoms. The quantitative estimate of drug-likeness (QED) is 0.835. The van der Waals surface area contributed by atoms with Gasteiger partial charge in [-0.15, -0.1) is 0 Å². The minimum absolute atomic E-state index is 0.101. The molecule has 1 fully saturated rings. The van der Waals surface area contributed by atoms with Crippen molar-refractivity contribution in [3.8, 4) is 0 Å². The van der Waals surface area contributed by atoms with E-state index in [1.54, 1.807) is 24.0 Å². The van der Waals surface area contributed by atoms with Gasteiger partial charge in [0.2, 0.25) is 0 Å². The number of amides is 2. The maximum absolute atomic E-state index is 13.1. The monoisotopic (exact) mass is 254 g/mol. The van der Waals surface area contributed by atoms with Crippen LogP contribution in [0.25, 0.3) is 0 Å². The molecule has 0 saturated carbocycles. The number of thioether (sulfide) groups is 1. The van der Waals surface area contributed by atoms with E-state index >= 15 is 0 Å². The molecule has 0 aliphatic carbocycles. The van der Waals surface area contributed by atoms with Crippen molar-refractivity contribution in [3.63, 3.8) is 0 Å². The summed E-state index contributed by atoms with van der Waals surface area (Å²) in [5.74, 6) is 1.71. The highest BCUT2D eigenvalue weighted by Crippen LogP contribution is 2.15. The Balaban J connectivity index is 1.99. The molecule has 2 amide bonds. The van der Waals surface area contributed by atoms with Gasteiger partial charge in [-0.2, -0.15) is 11.8 Å². The van der Waals surface area contributed by atoms with Crippen LogP contribution in [0.1, 0.15) is 5.56 Å².